The van der Waals surface area contributed by atoms with E-state index < -0.39 is 24.2 Å². The van der Waals surface area contributed by atoms with Gasteiger partial charge in [-0.15, -0.1) is 0 Å². The fraction of sp³-hybridized carbons (Fsp3) is 0.231. The number of nitrogens with one attached hydrogen (secondary N) is 1. The van der Waals surface area contributed by atoms with Crippen molar-refractivity contribution in [3.63, 3.8) is 0 Å². The van der Waals surface area contributed by atoms with E-state index in [9.17, 15) is 18.0 Å². The van der Waals surface area contributed by atoms with Gasteiger partial charge in [-0.05, 0) is 11.6 Å². The van der Waals surface area contributed by atoms with Crippen molar-refractivity contribution in [3.8, 4) is 0 Å². The molecule has 1 aromatic carbocycles. The fourth-order valence-electron chi connectivity index (χ4n) is 1.62. The Morgan fingerprint density at radius 3 is 2.27 bits per heavy atom. The Kier molecular flexibility index (Phi) is 5.52. The van der Waals surface area contributed by atoms with E-state index in [2.05, 4.69) is 4.98 Å². The van der Waals surface area contributed by atoms with Crippen LogP contribution in [-0.4, -0.2) is 39.4 Å². The summed E-state index contributed by atoms with van der Waals surface area (Å²) in [5.41, 5.74) is 7.43. The molecular formula is C13H13F3N2O4. The second kappa shape index (κ2) is 6.94. The number of halogens is 3. The minimum Gasteiger partial charge on any atom is -0.480 e. The zero-order chi connectivity index (χ0) is 16.9. The minimum atomic E-state index is -5.08. The van der Waals surface area contributed by atoms with Gasteiger partial charge in [0.05, 0.1) is 0 Å². The van der Waals surface area contributed by atoms with Crippen molar-refractivity contribution < 1.29 is 33.0 Å². The largest absolute Gasteiger partial charge is 0.490 e. The smallest absolute Gasteiger partial charge is 0.480 e. The Hall–Kier alpha value is -2.55. The molecule has 0 saturated heterocycles. The molecule has 0 aliphatic rings. The number of hydrogen-bond acceptors (Lipinski definition) is 3. The number of hydrogen-bond donors (Lipinski definition) is 4. The monoisotopic (exact) mass is 318 g/mol. The van der Waals surface area contributed by atoms with Crippen LogP contribution in [0.4, 0.5) is 13.2 Å². The molecule has 0 radical (unpaired) electrons. The van der Waals surface area contributed by atoms with Gasteiger partial charge in [-0.2, -0.15) is 13.2 Å². The standard InChI is InChI=1S/C11H12N2O2.C2HF3O2/c12-9(11(14)15)5-7-6-13-10-4-2-1-3-8(7)10;3-2(4,5)1(6)7/h1-4,6,9,13H,5,12H2,(H,14,15);(H,6,7)/t9-;/m0./s1. The molecule has 2 rings (SSSR count). The van der Waals surface area contributed by atoms with Crippen molar-refractivity contribution in [3.05, 3.63) is 36.0 Å². The Morgan fingerprint density at radius 1 is 1.23 bits per heavy atom. The molecule has 120 valence electrons. The lowest BCUT2D eigenvalue weighted by Crippen LogP contribution is -2.32. The molecule has 0 fully saturated rings. The SMILES string of the molecule is N[C@@H](Cc1c[nH]c2ccccc12)C(=O)O.O=C(O)C(F)(F)F. The predicted octanol–water partition coefficient (Wildman–Crippen LogP) is 1.76. The summed E-state index contributed by atoms with van der Waals surface area (Å²) >= 11 is 0. The fourth-order valence-corrected chi connectivity index (χ4v) is 1.62. The number of aromatic nitrogens is 1. The van der Waals surface area contributed by atoms with Gasteiger partial charge in [0.15, 0.2) is 0 Å². The van der Waals surface area contributed by atoms with Crippen LogP contribution in [0.2, 0.25) is 0 Å². The van der Waals surface area contributed by atoms with Crippen LogP contribution in [-0.2, 0) is 16.0 Å². The van der Waals surface area contributed by atoms with Crippen LogP contribution in [0.5, 0.6) is 0 Å². The Labute approximate surface area is 122 Å². The molecule has 9 heteroatoms. The van der Waals surface area contributed by atoms with Crippen LogP contribution < -0.4 is 5.73 Å². The first-order chi connectivity index (χ1) is 10.1. The molecule has 6 nitrogen and oxygen atoms in total. The number of nitrogens with two attached hydrogens (primary N) is 1. The summed E-state index contributed by atoms with van der Waals surface area (Å²) in [7, 11) is 0. The predicted molar refractivity (Wildman–Crippen MR) is 71.3 cm³/mol. The van der Waals surface area contributed by atoms with Crippen molar-refractivity contribution >= 4 is 22.8 Å². The number of H-pyrrole nitrogens is 1. The Balaban J connectivity index is 0.000000295. The Bertz CT molecular complexity index is 667. The number of rotatable bonds is 3. The van der Waals surface area contributed by atoms with Gasteiger partial charge < -0.3 is 20.9 Å². The van der Waals surface area contributed by atoms with Crippen LogP contribution in [0.1, 0.15) is 5.56 Å². The number of benzene rings is 1. The molecule has 1 atom stereocenters. The summed E-state index contributed by atoms with van der Waals surface area (Å²) < 4.78 is 31.7. The molecule has 1 heterocycles. The van der Waals surface area contributed by atoms with Crippen molar-refractivity contribution in [2.45, 2.75) is 18.6 Å². The van der Waals surface area contributed by atoms with Crippen LogP contribution in [0, 0.1) is 0 Å². The van der Waals surface area contributed by atoms with Gasteiger partial charge >= 0.3 is 18.1 Å². The van der Waals surface area contributed by atoms with Gasteiger partial charge in [0.25, 0.3) is 0 Å². The molecular weight excluding hydrogens is 305 g/mol. The highest BCUT2D eigenvalue weighted by molar-refractivity contribution is 5.84. The van der Waals surface area contributed by atoms with Crippen LogP contribution >= 0.6 is 0 Å². The van der Waals surface area contributed by atoms with E-state index in [0.29, 0.717) is 6.42 Å². The van der Waals surface area contributed by atoms with Crippen LogP contribution in [0.15, 0.2) is 30.5 Å². The highest BCUT2D eigenvalue weighted by atomic mass is 19.4. The number of aromatic amines is 1. The van der Waals surface area contributed by atoms with E-state index in [0.717, 1.165) is 16.5 Å². The maximum absolute atomic E-state index is 10.6. The van der Waals surface area contributed by atoms with E-state index in [-0.39, 0.29) is 0 Å². The first-order valence-corrected chi connectivity index (χ1v) is 5.96. The molecule has 0 bridgehead atoms. The second-order valence-corrected chi connectivity index (χ2v) is 4.31. The topological polar surface area (TPSA) is 116 Å². The molecule has 5 N–H and O–H groups in total. The lowest BCUT2D eigenvalue weighted by molar-refractivity contribution is -0.192. The normalized spacial score (nSPS) is 12.4. The lowest BCUT2D eigenvalue weighted by Gasteiger charge is -2.04. The lowest BCUT2D eigenvalue weighted by atomic mass is 10.1. The average molecular weight is 318 g/mol. The van der Waals surface area contributed by atoms with E-state index >= 15 is 0 Å². The zero-order valence-corrected chi connectivity index (χ0v) is 11.1. The number of carbonyl (C=O) groups is 2. The molecule has 1 aromatic heterocycles. The molecule has 0 saturated carbocycles. The third-order valence-corrected chi connectivity index (χ3v) is 2.67. The first-order valence-electron chi connectivity index (χ1n) is 5.96. The number of carboxylic acids is 2. The maximum Gasteiger partial charge on any atom is 0.490 e. The molecule has 0 spiro atoms. The van der Waals surface area contributed by atoms with Crippen molar-refractivity contribution in [1.82, 2.24) is 4.98 Å². The average Bonchev–Trinajstić information content (AvgIpc) is 2.82. The molecule has 2 aromatic rings. The van der Waals surface area contributed by atoms with E-state index in [4.69, 9.17) is 20.7 Å². The third-order valence-electron chi connectivity index (χ3n) is 2.67. The van der Waals surface area contributed by atoms with Crippen molar-refractivity contribution in [1.29, 1.82) is 0 Å². The highest BCUT2D eigenvalue weighted by Crippen LogP contribution is 2.18. The summed E-state index contributed by atoms with van der Waals surface area (Å²) in [6.45, 7) is 0. The van der Waals surface area contributed by atoms with Crippen molar-refractivity contribution in [2.24, 2.45) is 5.73 Å². The van der Waals surface area contributed by atoms with Gasteiger partial charge in [0.2, 0.25) is 0 Å². The molecule has 0 aliphatic heterocycles. The minimum absolute atomic E-state index is 0.347. The second-order valence-electron chi connectivity index (χ2n) is 4.31. The number of aliphatic carboxylic acids is 2. The molecule has 0 unspecified atom stereocenters. The highest BCUT2D eigenvalue weighted by Gasteiger charge is 2.38. The van der Waals surface area contributed by atoms with Crippen LogP contribution in [0.3, 0.4) is 0 Å². The summed E-state index contributed by atoms with van der Waals surface area (Å²) in [6.07, 6.45) is -2.92. The van der Waals surface area contributed by atoms with Gasteiger partial charge in [-0.1, -0.05) is 18.2 Å². The molecule has 22 heavy (non-hydrogen) atoms. The van der Waals surface area contributed by atoms with E-state index in [1.54, 1.807) is 0 Å². The van der Waals surface area contributed by atoms with Gasteiger partial charge in [0.1, 0.15) is 6.04 Å². The van der Waals surface area contributed by atoms with Crippen molar-refractivity contribution in [2.75, 3.05) is 0 Å². The summed E-state index contributed by atoms with van der Waals surface area (Å²) in [6, 6.07) is 6.91. The Morgan fingerprint density at radius 2 is 1.77 bits per heavy atom. The van der Waals surface area contributed by atoms with Gasteiger partial charge in [0, 0.05) is 23.5 Å². The summed E-state index contributed by atoms with van der Waals surface area (Å²) in [5.74, 6) is -3.73. The van der Waals surface area contributed by atoms with Gasteiger partial charge in [-0.3, -0.25) is 4.79 Å². The maximum atomic E-state index is 10.6. The quantitative estimate of drug-likeness (QED) is 0.688. The summed E-state index contributed by atoms with van der Waals surface area (Å²) in [4.78, 5) is 22.6. The van der Waals surface area contributed by atoms with E-state index in [1.807, 2.05) is 30.5 Å². The number of fused-ring (bicyclic) bond motifs is 1. The molecule has 0 amide bonds. The van der Waals surface area contributed by atoms with E-state index in [1.165, 1.54) is 0 Å². The van der Waals surface area contributed by atoms with Crippen LogP contribution in [0.25, 0.3) is 10.9 Å². The third kappa shape index (κ3) is 4.77. The zero-order valence-electron chi connectivity index (χ0n) is 11.1. The molecule has 0 aliphatic carbocycles. The number of carboxylic acid groups (broad SMARTS) is 2. The van der Waals surface area contributed by atoms with Gasteiger partial charge in [-0.25, -0.2) is 4.79 Å². The number of para-hydroxylation sites is 1. The number of alkyl halides is 3. The first kappa shape index (κ1) is 17.5. The summed E-state index contributed by atoms with van der Waals surface area (Å²) in [5, 5.41) is 16.9.